The Labute approximate surface area is 109 Å². The molecule has 0 aromatic heterocycles. The highest BCUT2D eigenvalue weighted by atomic mass is 16.6. The number of hydrogen-bond acceptors (Lipinski definition) is 3. The maximum absolute atomic E-state index is 11.2. The Bertz CT molecular complexity index is 416. The molecule has 0 aliphatic rings. The van der Waals surface area contributed by atoms with Gasteiger partial charge in [-0.1, -0.05) is 32.9 Å². The molecule has 1 rings (SSSR count). The van der Waals surface area contributed by atoms with Gasteiger partial charge in [-0.05, 0) is 36.5 Å². The number of ether oxygens (including phenoxy) is 2. The van der Waals surface area contributed by atoms with E-state index in [1.807, 2.05) is 19.1 Å². The Morgan fingerprint density at radius 2 is 1.94 bits per heavy atom. The fourth-order valence-electron chi connectivity index (χ4n) is 1.62. The normalized spacial score (nSPS) is 11.2. The molecule has 0 amide bonds. The molecule has 3 nitrogen and oxygen atoms in total. The number of hydrogen-bond donors (Lipinski definition) is 0. The van der Waals surface area contributed by atoms with Crippen LogP contribution in [0.1, 0.15) is 38.8 Å². The van der Waals surface area contributed by atoms with Crippen molar-refractivity contribution in [3.63, 3.8) is 0 Å². The molecule has 3 heteroatoms. The lowest BCUT2D eigenvalue weighted by atomic mass is 9.86. The Hall–Kier alpha value is -1.51. The summed E-state index contributed by atoms with van der Waals surface area (Å²) in [6, 6.07) is 6.04. The number of carbonyl (C=O) groups excluding carboxylic acids is 1. The monoisotopic (exact) mass is 250 g/mol. The van der Waals surface area contributed by atoms with Gasteiger partial charge in [-0.3, -0.25) is 0 Å². The van der Waals surface area contributed by atoms with E-state index < -0.39 is 0 Å². The van der Waals surface area contributed by atoms with E-state index in [9.17, 15) is 4.79 Å². The first kappa shape index (κ1) is 14.6. The molecule has 100 valence electrons. The maximum atomic E-state index is 11.2. The summed E-state index contributed by atoms with van der Waals surface area (Å²) < 4.78 is 10.3. The number of carbonyl (C=O) groups is 1. The highest BCUT2D eigenvalue weighted by Crippen LogP contribution is 2.27. The molecule has 1 aromatic rings. The van der Waals surface area contributed by atoms with Gasteiger partial charge in [0.25, 0.3) is 0 Å². The SMILES string of the molecule is CCOC(=O)COc1ccc(C(C)(C)C)cc1C. The third kappa shape index (κ3) is 4.06. The van der Waals surface area contributed by atoms with Crippen molar-refractivity contribution in [2.75, 3.05) is 13.2 Å². The van der Waals surface area contributed by atoms with Gasteiger partial charge in [0.05, 0.1) is 6.61 Å². The summed E-state index contributed by atoms with van der Waals surface area (Å²) >= 11 is 0. The van der Waals surface area contributed by atoms with E-state index >= 15 is 0 Å². The average Bonchev–Trinajstić information content (AvgIpc) is 2.26. The van der Waals surface area contributed by atoms with Crippen LogP contribution < -0.4 is 4.74 Å². The van der Waals surface area contributed by atoms with Crippen LogP contribution in [0.15, 0.2) is 18.2 Å². The highest BCUT2D eigenvalue weighted by Gasteiger charge is 2.15. The summed E-state index contributed by atoms with van der Waals surface area (Å²) in [5.41, 5.74) is 2.40. The van der Waals surface area contributed by atoms with E-state index in [0.717, 1.165) is 11.3 Å². The van der Waals surface area contributed by atoms with E-state index in [1.54, 1.807) is 6.92 Å². The maximum Gasteiger partial charge on any atom is 0.344 e. The van der Waals surface area contributed by atoms with Gasteiger partial charge < -0.3 is 9.47 Å². The first-order valence-electron chi connectivity index (χ1n) is 6.24. The van der Waals surface area contributed by atoms with Crippen LogP contribution in [0.25, 0.3) is 0 Å². The highest BCUT2D eigenvalue weighted by molar-refractivity contribution is 5.71. The number of aryl methyl sites for hydroxylation is 1. The van der Waals surface area contributed by atoms with Crippen molar-refractivity contribution < 1.29 is 14.3 Å². The molecule has 0 N–H and O–H groups in total. The summed E-state index contributed by atoms with van der Waals surface area (Å²) in [5, 5.41) is 0. The van der Waals surface area contributed by atoms with Crippen molar-refractivity contribution in [1.82, 2.24) is 0 Å². The zero-order valence-electron chi connectivity index (χ0n) is 11.9. The first-order chi connectivity index (χ1) is 8.34. The lowest BCUT2D eigenvalue weighted by Crippen LogP contribution is -2.15. The summed E-state index contributed by atoms with van der Waals surface area (Å²) in [6.45, 7) is 10.6. The van der Waals surface area contributed by atoms with Gasteiger partial charge in [0.15, 0.2) is 6.61 Å². The van der Waals surface area contributed by atoms with Gasteiger partial charge in [-0.25, -0.2) is 4.79 Å². The molecular formula is C15H22O3. The van der Waals surface area contributed by atoms with Crippen LogP contribution in [0, 0.1) is 6.92 Å². The van der Waals surface area contributed by atoms with Crippen molar-refractivity contribution in [2.45, 2.75) is 40.0 Å². The minimum absolute atomic E-state index is 0.0382. The van der Waals surface area contributed by atoms with Crippen LogP contribution in [-0.2, 0) is 14.9 Å². The molecule has 0 spiro atoms. The van der Waals surface area contributed by atoms with Gasteiger partial charge in [0.2, 0.25) is 0 Å². The van der Waals surface area contributed by atoms with Crippen LogP contribution in [0.3, 0.4) is 0 Å². The summed E-state index contributed by atoms with van der Waals surface area (Å²) in [6.07, 6.45) is 0. The van der Waals surface area contributed by atoms with Gasteiger partial charge >= 0.3 is 5.97 Å². The molecule has 0 bridgehead atoms. The zero-order chi connectivity index (χ0) is 13.8. The predicted molar refractivity (Wildman–Crippen MR) is 72.0 cm³/mol. The van der Waals surface area contributed by atoms with Crippen molar-refractivity contribution in [1.29, 1.82) is 0 Å². The molecule has 18 heavy (non-hydrogen) atoms. The fourth-order valence-corrected chi connectivity index (χ4v) is 1.62. The third-order valence-electron chi connectivity index (χ3n) is 2.69. The molecule has 0 aliphatic carbocycles. The Balaban J connectivity index is 2.72. The van der Waals surface area contributed by atoms with Crippen molar-refractivity contribution in [2.24, 2.45) is 0 Å². The second kappa shape index (κ2) is 5.89. The lowest BCUT2D eigenvalue weighted by Gasteiger charge is -2.20. The largest absolute Gasteiger partial charge is 0.482 e. The van der Waals surface area contributed by atoms with Crippen LogP contribution in [0.4, 0.5) is 0 Å². The molecule has 0 unspecified atom stereocenters. The molecular weight excluding hydrogens is 228 g/mol. The van der Waals surface area contributed by atoms with E-state index in [1.165, 1.54) is 5.56 Å². The minimum atomic E-state index is -0.336. The summed E-state index contributed by atoms with van der Waals surface area (Å²) in [7, 11) is 0. The Kier molecular flexibility index (Phi) is 4.76. The lowest BCUT2D eigenvalue weighted by molar-refractivity contribution is -0.145. The third-order valence-corrected chi connectivity index (χ3v) is 2.69. The molecule has 0 saturated carbocycles. The number of esters is 1. The standard InChI is InChI=1S/C15H22O3/c1-6-17-14(16)10-18-13-8-7-12(9-11(13)2)15(3,4)5/h7-9H,6,10H2,1-5H3. The van der Waals surface area contributed by atoms with Crippen LogP contribution >= 0.6 is 0 Å². The number of rotatable bonds is 4. The molecule has 0 fully saturated rings. The smallest absolute Gasteiger partial charge is 0.344 e. The van der Waals surface area contributed by atoms with Crippen molar-refractivity contribution in [3.05, 3.63) is 29.3 Å². The van der Waals surface area contributed by atoms with Gasteiger partial charge in [0.1, 0.15) is 5.75 Å². The Morgan fingerprint density at radius 3 is 2.44 bits per heavy atom. The summed E-state index contributed by atoms with van der Waals surface area (Å²) in [5.74, 6) is 0.396. The van der Waals surface area contributed by atoms with Gasteiger partial charge in [-0.15, -0.1) is 0 Å². The van der Waals surface area contributed by atoms with Crippen molar-refractivity contribution in [3.8, 4) is 5.75 Å². The number of benzene rings is 1. The van der Waals surface area contributed by atoms with Gasteiger partial charge in [-0.2, -0.15) is 0 Å². The van der Waals surface area contributed by atoms with E-state index in [-0.39, 0.29) is 18.0 Å². The fraction of sp³-hybridized carbons (Fsp3) is 0.533. The Morgan fingerprint density at radius 1 is 1.28 bits per heavy atom. The minimum Gasteiger partial charge on any atom is -0.482 e. The second-order valence-corrected chi connectivity index (χ2v) is 5.32. The van der Waals surface area contributed by atoms with E-state index in [0.29, 0.717) is 6.61 Å². The average molecular weight is 250 g/mol. The predicted octanol–water partition coefficient (Wildman–Crippen LogP) is 3.23. The van der Waals surface area contributed by atoms with E-state index in [4.69, 9.17) is 9.47 Å². The van der Waals surface area contributed by atoms with Crippen molar-refractivity contribution >= 4 is 5.97 Å². The van der Waals surface area contributed by atoms with Crippen LogP contribution in [-0.4, -0.2) is 19.2 Å². The second-order valence-electron chi connectivity index (χ2n) is 5.32. The van der Waals surface area contributed by atoms with Crippen LogP contribution in [0.2, 0.25) is 0 Å². The zero-order valence-corrected chi connectivity index (χ0v) is 11.9. The van der Waals surface area contributed by atoms with Crippen LogP contribution in [0.5, 0.6) is 5.75 Å². The van der Waals surface area contributed by atoms with Gasteiger partial charge in [0, 0.05) is 0 Å². The molecule has 0 saturated heterocycles. The summed E-state index contributed by atoms with van der Waals surface area (Å²) in [4.78, 5) is 11.2. The molecule has 0 radical (unpaired) electrons. The topological polar surface area (TPSA) is 35.5 Å². The molecule has 0 heterocycles. The van der Waals surface area contributed by atoms with E-state index in [2.05, 4.69) is 26.8 Å². The molecule has 1 aromatic carbocycles. The quantitative estimate of drug-likeness (QED) is 0.770. The molecule has 0 atom stereocenters. The first-order valence-corrected chi connectivity index (χ1v) is 6.24. The molecule has 0 aliphatic heterocycles.